The van der Waals surface area contributed by atoms with Crippen molar-refractivity contribution in [3.8, 4) is 0 Å². The molecular weight excluding hydrogens is 336 g/mol. The van der Waals surface area contributed by atoms with Gasteiger partial charge in [-0.15, -0.1) is 0 Å². The third kappa shape index (κ3) is 7.92. The van der Waals surface area contributed by atoms with Crippen LogP contribution in [0.15, 0.2) is 60.7 Å². The Morgan fingerprint density at radius 1 is 0.654 bits per heavy atom. The molecule has 0 fully saturated rings. The Morgan fingerprint density at radius 2 is 0.962 bits per heavy atom. The molecule has 140 valence electrons. The van der Waals surface area contributed by atoms with E-state index in [9.17, 15) is 9.59 Å². The molecule has 0 saturated heterocycles. The minimum absolute atomic E-state index is 0.315. The monoisotopic (exact) mass is 360 g/mol. The van der Waals surface area contributed by atoms with E-state index in [1.807, 2.05) is 60.7 Å². The summed E-state index contributed by atoms with van der Waals surface area (Å²) in [5, 5.41) is 34.9. The maximum atomic E-state index is 10.6. The van der Waals surface area contributed by atoms with Crippen molar-refractivity contribution in [2.75, 3.05) is 13.2 Å². The molecule has 0 heterocycles. The van der Waals surface area contributed by atoms with Crippen LogP contribution in [0.1, 0.15) is 11.1 Å². The quantitative estimate of drug-likeness (QED) is 0.571. The summed E-state index contributed by atoms with van der Waals surface area (Å²) in [6.45, 7) is -0.631. The van der Waals surface area contributed by atoms with E-state index in [0.29, 0.717) is 12.8 Å². The second-order valence-corrected chi connectivity index (χ2v) is 5.81. The van der Waals surface area contributed by atoms with Gasteiger partial charge in [-0.3, -0.25) is 9.59 Å². The highest BCUT2D eigenvalue weighted by Crippen LogP contribution is 2.09. The number of aliphatic carboxylic acids is 2. The number of aliphatic hydroxyl groups is 2. The molecule has 2 rings (SSSR count). The van der Waals surface area contributed by atoms with Crippen LogP contribution in [0.25, 0.3) is 0 Å². The first-order valence-electron chi connectivity index (χ1n) is 8.23. The molecule has 2 unspecified atom stereocenters. The van der Waals surface area contributed by atoms with Crippen molar-refractivity contribution in [2.24, 2.45) is 11.8 Å². The highest BCUT2D eigenvalue weighted by molar-refractivity contribution is 5.70. The van der Waals surface area contributed by atoms with Gasteiger partial charge in [0, 0.05) is 0 Å². The second kappa shape index (κ2) is 11.8. The van der Waals surface area contributed by atoms with Crippen LogP contribution in [0, 0.1) is 11.8 Å². The Balaban J connectivity index is 0.000000260. The van der Waals surface area contributed by atoms with E-state index < -0.39 is 23.8 Å². The maximum Gasteiger partial charge on any atom is 0.309 e. The van der Waals surface area contributed by atoms with E-state index in [1.165, 1.54) is 0 Å². The lowest BCUT2D eigenvalue weighted by atomic mass is 10.0. The number of carboxylic acids is 2. The van der Waals surface area contributed by atoms with Gasteiger partial charge in [0.15, 0.2) is 0 Å². The van der Waals surface area contributed by atoms with Gasteiger partial charge in [-0.25, -0.2) is 0 Å². The average molecular weight is 360 g/mol. The Hall–Kier alpha value is -2.70. The number of hydrogen-bond donors (Lipinski definition) is 4. The summed E-state index contributed by atoms with van der Waals surface area (Å²) in [6, 6.07) is 18.6. The average Bonchev–Trinajstić information content (AvgIpc) is 2.66. The Kier molecular flexibility index (Phi) is 9.67. The molecule has 0 bridgehead atoms. The lowest BCUT2D eigenvalue weighted by Gasteiger charge is -2.07. The van der Waals surface area contributed by atoms with Crippen molar-refractivity contribution < 1.29 is 30.0 Å². The molecule has 0 aliphatic carbocycles. The predicted molar refractivity (Wildman–Crippen MR) is 96.7 cm³/mol. The van der Waals surface area contributed by atoms with E-state index in [0.717, 1.165) is 11.1 Å². The summed E-state index contributed by atoms with van der Waals surface area (Å²) in [7, 11) is 0. The summed E-state index contributed by atoms with van der Waals surface area (Å²) >= 11 is 0. The maximum absolute atomic E-state index is 10.6. The summed E-state index contributed by atoms with van der Waals surface area (Å²) in [6.07, 6.45) is 0.763. The van der Waals surface area contributed by atoms with Gasteiger partial charge in [0.05, 0.1) is 25.0 Å². The van der Waals surface area contributed by atoms with Gasteiger partial charge in [0.25, 0.3) is 0 Å². The molecule has 2 atom stereocenters. The van der Waals surface area contributed by atoms with Gasteiger partial charge in [-0.2, -0.15) is 0 Å². The number of hydrogen-bond acceptors (Lipinski definition) is 4. The van der Waals surface area contributed by atoms with Gasteiger partial charge < -0.3 is 20.4 Å². The van der Waals surface area contributed by atoms with Crippen LogP contribution in [-0.2, 0) is 22.4 Å². The molecule has 0 aromatic heterocycles. The SMILES string of the molecule is O=C(O)C(CO)Cc1ccccc1.O=C(O)C(CO)Cc1ccccc1. The first-order valence-corrected chi connectivity index (χ1v) is 8.23. The fourth-order valence-electron chi connectivity index (χ4n) is 2.26. The van der Waals surface area contributed by atoms with Crippen LogP contribution in [0.2, 0.25) is 0 Å². The zero-order chi connectivity index (χ0) is 19.4. The molecule has 0 radical (unpaired) electrons. The number of benzene rings is 2. The van der Waals surface area contributed by atoms with Gasteiger partial charge in [0.2, 0.25) is 0 Å². The third-order valence-electron chi connectivity index (χ3n) is 3.79. The lowest BCUT2D eigenvalue weighted by Crippen LogP contribution is -2.20. The van der Waals surface area contributed by atoms with Crippen LogP contribution >= 0.6 is 0 Å². The molecule has 26 heavy (non-hydrogen) atoms. The molecule has 2 aromatic carbocycles. The predicted octanol–water partition coefficient (Wildman–Crippen LogP) is 1.84. The van der Waals surface area contributed by atoms with Gasteiger partial charge in [-0.1, -0.05) is 60.7 Å². The van der Waals surface area contributed by atoms with E-state index in [2.05, 4.69) is 0 Å². The van der Waals surface area contributed by atoms with E-state index in [-0.39, 0.29) is 13.2 Å². The summed E-state index contributed by atoms with van der Waals surface area (Å²) in [5.41, 5.74) is 1.87. The number of carbonyl (C=O) groups is 2. The number of carboxylic acid groups (broad SMARTS) is 2. The van der Waals surface area contributed by atoms with E-state index in [4.69, 9.17) is 20.4 Å². The topological polar surface area (TPSA) is 115 Å². The van der Waals surface area contributed by atoms with Crippen LogP contribution in [-0.4, -0.2) is 45.6 Å². The van der Waals surface area contributed by atoms with Crippen molar-refractivity contribution in [1.29, 1.82) is 0 Å². The van der Waals surface area contributed by atoms with Crippen LogP contribution in [0.4, 0.5) is 0 Å². The fourth-order valence-corrected chi connectivity index (χ4v) is 2.26. The first-order chi connectivity index (χ1) is 12.5. The first kappa shape index (κ1) is 21.3. The summed E-state index contributed by atoms with van der Waals surface area (Å²) in [4.78, 5) is 21.1. The second-order valence-electron chi connectivity index (χ2n) is 5.81. The largest absolute Gasteiger partial charge is 0.481 e. The van der Waals surface area contributed by atoms with Crippen molar-refractivity contribution in [1.82, 2.24) is 0 Å². The van der Waals surface area contributed by atoms with Crippen molar-refractivity contribution in [3.05, 3.63) is 71.8 Å². The van der Waals surface area contributed by atoms with Crippen molar-refractivity contribution in [3.63, 3.8) is 0 Å². The van der Waals surface area contributed by atoms with Gasteiger partial charge >= 0.3 is 11.9 Å². The van der Waals surface area contributed by atoms with Crippen LogP contribution < -0.4 is 0 Å². The van der Waals surface area contributed by atoms with Crippen LogP contribution in [0.5, 0.6) is 0 Å². The smallest absolute Gasteiger partial charge is 0.309 e. The fraction of sp³-hybridized carbons (Fsp3) is 0.300. The Morgan fingerprint density at radius 3 is 1.19 bits per heavy atom. The van der Waals surface area contributed by atoms with Crippen LogP contribution in [0.3, 0.4) is 0 Å². The number of rotatable bonds is 8. The molecule has 0 spiro atoms. The molecule has 0 aliphatic heterocycles. The zero-order valence-corrected chi connectivity index (χ0v) is 14.4. The standard InChI is InChI=1S/2C10H12O3/c2*11-7-9(10(12)13)6-8-4-2-1-3-5-8/h2*1-5,9,11H,6-7H2,(H,12,13). The lowest BCUT2D eigenvalue weighted by molar-refractivity contribution is -0.144. The number of aliphatic hydroxyl groups excluding tert-OH is 2. The highest BCUT2D eigenvalue weighted by Gasteiger charge is 2.16. The minimum atomic E-state index is -0.952. The molecule has 2 aromatic rings. The molecule has 0 saturated carbocycles. The molecule has 0 amide bonds. The molecule has 0 aliphatic rings. The minimum Gasteiger partial charge on any atom is -0.481 e. The van der Waals surface area contributed by atoms with E-state index in [1.54, 1.807) is 0 Å². The van der Waals surface area contributed by atoms with Crippen molar-refractivity contribution in [2.45, 2.75) is 12.8 Å². The Bertz CT molecular complexity index is 597. The highest BCUT2D eigenvalue weighted by atomic mass is 16.4. The Labute approximate surface area is 152 Å². The summed E-state index contributed by atoms with van der Waals surface area (Å²) in [5.74, 6) is -3.29. The molecule has 4 N–H and O–H groups in total. The van der Waals surface area contributed by atoms with Gasteiger partial charge in [0.1, 0.15) is 0 Å². The van der Waals surface area contributed by atoms with Crippen molar-refractivity contribution >= 4 is 11.9 Å². The van der Waals surface area contributed by atoms with E-state index >= 15 is 0 Å². The molecule has 6 heteroatoms. The molecule has 6 nitrogen and oxygen atoms in total. The molecular formula is C20H24O6. The zero-order valence-electron chi connectivity index (χ0n) is 14.4. The summed E-state index contributed by atoms with van der Waals surface area (Å²) < 4.78 is 0. The third-order valence-corrected chi connectivity index (χ3v) is 3.79. The van der Waals surface area contributed by atoms with Gasteiger partial charge in [-0.05, 0) is 24.0 Å². The normalized spacial score (nSPS) is 12.4.